The lowest BCUT2D eigenvalue weighted by atomic mass is 10.1. The molecule has 0 amide bonds. The Morgan fingerprint density at radius 2 is 1.89 bits per heavy atom. The number of pyridine rings is 1. The number of H-pyrrole nitrogens is 1. The first-order chi connectivity index (χ1) is 13.2. The van der Waals surface area contributed by atoms with E-state index in [0.29, 0.717) is 29.3 Å². The Kier molecular flexibility index (Phi) is 4.38. The van der Waals surface area contributed by atoms with Crippen LogP contribution >= 0.6 is 0 Å². The van der Waals surface area contributed by atoms with Crippen molar-refractivity contribution in [1.82, 2.24) is 9.97 Å². The first kappa shape index (κ1) is 16.9. The first-order valence-corrected chi connectivity index (χ1v) is 8.44. The van der Waals surface area contributed by atoms with Crippen LogP contribution in [0.4, 0.5) is 0 Å². The molecule has 0 spiro atoms. The SMILES string of the molecule is COC(=O)c1cc2c([nH]1)c(OCc1ccccc1)cc1ncc(OC)cc12. The molecule has 6 heteroatoms. The number of esters is 1. The number of nitrogens with zero attached hydrogens (tertiary/aromatic N) is 1. The maximum atomic E-state index is 12.0. The largest absolute Gasteiger partial charge is 0.495 e. The molecular formula is C21H18N2O4. The average Bonchev–Trinajstić information content (AvgIpc) is 3.17. The van der Waals surface area contributed by atoms with Crippen LogP contribution in [0.25, 0.3) is 21.8 Å². The molecule has 2 aromatic carbocycles. The Bertz CT molecular complexity index is 1120. The van der Waals surface area contributed by atoms with Crippen LogP contribution < -0.4 is 9.47 Å². The number of carbonyl (C=O) groups is 1. The Morgan fingerprint density at radius 3 is 2.63 bits per heavy atom. The van der Waals surface area contributed by atoms with Crippen LogP contribution in [-0.2, 0) is 11.3 Å². The highest BCUT2D eigenvalue weighted by Gasteiger charge is 2.16. The van der Waals surface area contributed by atoms with Crippen molar-refractivity contribution in [1.29, 1.82) is 0 Å². The van der Waals surface area contributed by atoms with Crippen molar-refractivity contribution in [3.63, 3.8) is 0 Å². The summed E-state index contributed by atoms with van der Waals surface area (Å²) in [6.07, 6.45) is 1.66. The topological polar surface area (TPSA) is 73.4 Å². The van der Waals surface area contributed by atoms with Crippen LogP contribution in [0, 0.1) is 0 Å². The fourth-order valence-electron chi connectivity index (χ4n) is 3.03. The zero-order chi connectivity index (χ0) is 18.8. The minimum absolute atomic E-state index is 0.354. The van der Waals surface area contributed by atoms with Crippen LogP contribution in [0.15, 0.2) is 54.7 Å². The van der Waals surface area contributed by atoms with E-state index in [2.05, 4.69) is 9.97 Å². The highest BCUT2D eigenvalue weighted by molar-refractivity contribution is 6.11. The van der Waals surface area contributed by atoms with E-state index in [1.54, 1.807) is 19.4 Å². The molecule has 6 nitrogen and oxygen atoms in total. The molecule has 0 unspecified atom stereocenters. The van der Waals surface area contributed by atoms with E-state index in [1.807, 2.05) is 42.5 Å². The van der Waals surface area contributed by atoms with Gasteiger partial charge in [-0.1, -0.05) is 30.3 Å². The van der Waals surface area contributed by atoms with Crippen molar-refractivity contribution in [2.24, 2.45) is 0 Å². The highest BCUT2D eigenvalue weighted by atomic mass is 16.5. The van der Waals surface area contributed by atoms with E-state index in [-0.39, 0.29) is 0 Å². The number of aromatic nitrogens is 2. The number of nitrogens with one attached hydrogen (secondary N) is 1. The Morgan fingerprint density at radius 1 is 1.07 bits per heavy atom. The highest BCUT2D eigenvalue weighted by Crippen LogP contribution is 2.35. The summed E-state index contributed by atoms with van der Waals surface area (Å²) in [5.41, 5.74) is 2.87. The molecule has 0 saturated carbocycles. The Hall–Kier alpha value is -3.54. The van der Waals surface area contributed by atoms with E-state index in [4.69, 9.17) is 14.2 Å². The van der Waals surface area contributed by atoms with Gasteiger partial charge >= 0.3 is 5.97 Å². The summed E-state index contributed by atoms with van der Waals surface area (Å²) in [7, 11) is 2.94. The van der Waals surface area contributed by atoms with Gasteiger partial charge in [0, 0.05) is 16.8 Å². The van der Waals surface area contributed by atoms with Crippen LogP contribution in [0.5, 0.6) is 11.5 Å². The predicted molar refractivity (Wildman–Crippen MR) is 102 cm³/mol. The molecule has 4 aromatic rings. The van der Waals surface area contributed by atoms with Gasteiger partial charge in [0.15, 0.2) is 0 Å². The van der Waals surface area contributed by atoms with E-state index in [1.165, 1.54) is 7.11 Å². The number of hydrogen-bond acceptors (Lipinski definition) is 5. The van der Waals surface area contributed by atoms with Gasteiger partial charge in [-0.2, -0.15) is 0 Å². The molecule has 0 fully saturated rings. The standard InChI is InChI=1S/C21H18N2O4/c1-25-14-8-15-16-9-18(21(24)26-2)23-20(16)19(10-17(15)22-11-14)27-12-13-6-4-3-5-7-13/h3-11,23H,12H2,1-2H3. The molecule has 0 atom stereocenters. The second-order valence-electron chi connectivity index (χ2n) is 6.05. The van der Waals surface area contributed by atoms with Crippen molar-refractivity contribution < 1.29 is 19.0 Å². The lowest BCUT2D eigenvalue weighted by Gasteiger charge is -2.10. The smallest absolute Gasteiger partial charge is 0.354 e. The number of benzene rings is 2. The van der Waals surface area contributed by atoms with Crippen molar-refractivity contribution in [3.8, 4) is 11.5 Å². The van der Waals surface area contributed by atoms with Crippen molar-refractivity contribution in [2.75, 3.05) is 14.2 Å². The van der Waals surface area contributed by atoms with Gasteiger partial charge in [0.05, 0.1) is 31.4 Å². The van der Waals surface area contributed by atoms with Crippen LogP contribution in [0.2, 0.25) is 0 Å². The van der Waals surface area contributed by atoms with Crippen LogP contribution in [0.1, 0.15) is 16.1 Å². The fourth-order valence-corrected chi connectivity index (χ4v) is 3.03. The summed E-state index contributed by atoms with van der Waals surface area (Å²) in [6, 6.07) is 15.4. The molecule has 0 aliphatic rings. The second kappa shape index (κ2) is 6.99. The van der Waals surface area contributed by atoms with E-state index in [9.17, 15) is 4.79 Å². The number of hydrogen-bond donors (Lipinski definition) is 1. The second-order valence-corrected chi connectivity index (χ2v) is 6.05. The molecule has 0 radical (unpaired) electrons. The molecule has 0 bridgehead atoms. The number of fused-ring (bicyclic) bond motifs is 3. The average molecular weight is 362 g/mol. The quantitative estimate of drug-likeness (QED) is 0.541. The monoisotopic (exact) mass is 362 g/mol. The van der Waals surface area contributed by atoms with Gasteiger partial charge < -0.3 is 19.2 Å². The van der Waals surface area contributed by atoms with E-state index < -0.39 is 5.97 Å². The summed E-state index contributed by atoms with van der Waals surface area (Å²) < 4.78 is 16.2. The maximum Gasteiger partial charge on any atom is 0.354 e. The van der Waals surface area contributed by atoms with Crippen LogP contribution in [-0.4, -0.2) is 30.2 Å². The van der Waals surface area contributed by atoms with Gasteiger partial charge in [-0.3, -0.25) is 4.98 Å². The number of ether oxygens (including phenoxy) is 3. The van der Waals surface area contributed by atoms with Gasteiger partial charge in [-0.05, 0) is 17.7 Å². The van der Waals surface area contributed by atoms with Crippen LogP contribution in [0.3, 0.4) is 0 Å². The lowest BCUT2D eigenvalue weighted by molar-refractivity contribution is 0.0595. The summed E-state index contributed by atoms with van der Waals surface area (Å²) in [5.74, 6) is 0.820. The molecule has 2 heterocycles. The lowest BCUT2D eigenvalue weighted by Crippen LogP contribution is -2.01. The minimum atomic E-state index is -0.441. The molecular weight excluding hydrogens is 344 g/mol. The molecule has 0 aliphatic carbocycles. The van der Waals surface area contributed by atoms with Gasteiger partial charge in [-0.25, -0.2) is 4.79 Å². The van der Waals surface area contributed by atoms with Gasteiger partial charge in [0.2, 0.25) is 0 Å². The number of methoxy groups -OCH3 is 2. The molecule has 4 rings (SSSR count). The molecule has 136 valence electrons. The van der Waals surface area contributed by atoms with E-state index in [0.717, 1.165) is 21.9 Å². The first-order valence-electron chi connectivity index (χ1n) is 8.44. The number of carbonyl (C=O) groups excluding carboxylic acids is 1. The Balaban J connectivity index is 1.85. The van der Waals surface area contributed by atoms with Crippen molar-refractivity contribution in [3.05, 3.63) is 66.0 Å². The molecule has 1 N–H and O–H groups in total. The minimum Gasteiger partial charge on any atom is -0.495 e. The molecule has 0 saturated heterocycles. The summed E-state index contributed by atoms with van der Waals surface area (Å²) in [6.45, 7) is 0.407. The third kappa shape index (κ3) is 3.17. The molecule has 0 aliphatic heterocycles. The third-order valence-corrected chi connectivity index (χ3v) is 4.39. The normalized spacial score (nSPS) is 10.9. The Labute approximate surface area is 155 Å². The number of rotatable bonds is 5. The zero-order valence-electron chi connectivity index (χ0n) is 15.0. The van der Waals surface area contributed by atoms with Gasteiger partial charge in [0.25, 0.3) is 0 Å². The maximum absolute atomic E-state index is 12.0. The molecule has 27 heavy (non-hydrogen) atoms. The zero-order valence-corrected chi connectivity index (χ0v) is 15.0. The predicted octanol–water partition coefficient (Wildman–Crippen LogP) is 4.09. The fraction of sp³-hybridized carbons (Fsp3) is 0.143. The van der Waals surface area contributed by atoms with Crippen molar-refractivity contribution in [2.45, 2.75) is 6.61 Å². The number of aromatic amines is 1. The third-order valence-electron chi connectivity index (χ3n) is 4.39. The summed E-state index contributed by atoms with van der Waals surface area (Å²) >= 11 is 0. The van der Waals surface area contributed by atoms with Crippen molar-refractivity contribution >= 4 is 27.8 Å². The van der Waals surface area contributed by atoms with Gasteiger partial charge in [0.1, 0.15) is 23.8 Å². The van der Waals surface area contributed by atoms with Gasteiger partial charge in [-0.15, -0.1) is 0 Å². The molecule has 2 aromatic heterocycles. The summed E-state index contributed by atoms with van der Waals surface area (Å²) in [4.78, 5) is 19.6. The van der Waals surface area contributed by atoms with E-state index >= 15 is 0 Å². The summed E-state index contributed by atoms with van der Waals surface area (Å²) in [5, 5.41) is 1.69.